The topological polar surface area (TPSA) is 52.6 Å². The van der Waals surface area contributed by atoms with Crippen molar-refractivity contribution in [3.63, 3.8) is 0 Å². The molecule has 4 nitrogen and oxygen atoms in total. The molecule has 2 aliphatic rings. The van der Waals surface area contributed by atoms with Gasteiger partial charge in [-0.25, -0.2) is 0 Å². The van der Waals surface area contributed by atoms with Crippen molar-refractivity contribution in [3.8, 4) is 0 Å². The zero-order valence-electron chi connectivity index (χ0n) is 13.5. The molecule has 1 aromatic rings. The second-order valence-corrected chi connectivity index (χ2v) is 6.47. The Morgan fingerprint density at radius 2 is 1.59 bits per heavy atom. The van der Waals surface area contributed by atoms with Crippen LogP contribution in [0.4, 0.5) is 0 Å². The number of carbonyl (C=O) groups excluding carboxylic acids is 2. The van der Waals surface area contributed by atoms with Crippen LogP contribution in [0.15, 0.2) is 24.3 Å². The van der Waals surface area contributed by atoms with Gasteiger partial charge in [0.05, 0.1) is 0 Å². The van der Waals surface area contributed by atoms with Gasteiger partial charge in [0.2, 0.25) is 11.6 Å². The molecule has 0 amide bonds. The molecular formula is C18H22O4. The van der Waals surface area contributed by atoms with Crippen LogP contribution in [0.5, 0.6) is 0 Å². The number of fused-ring (bicyclic) bond motifs is 3. The van der Waals surface area contributed by atoms with Crippen LogP contribution in [-0.2, 0) is 9.47 Å². The Labute approximate surface area is 130 Å². The SMILES string of the molecule is CCC(CC)[C@H]1O[C@]2(C)O[C@@]1(C)C(=O)c1ccccc1C2=O. The summed E-state index contributed by atoms with van der Waals surface area (Å²) in [4.78, 5) is 25.9. The van der Waals surface area contributed by atoms with Crippen LogP contribution in [0.3, 0.4) is 0 Å². The molecule has 22 heavy (non-hydrogen) atoms. The van der Waals surface area contributed by atoms with Gasteiger partial charge in [-0.3, -0.25) is 9.59 Å². The van der Waals surface area contributed by atoms with E-state index in [9.17, 15) is 9.59 Å². The predicted molar refractivity (Wildman–Crippen MR) is 81.9 cm³/mol. The van der Waals surface area contributed by atoms with Crippen LogP contribution in [-0.4, -0.2) is 29.1 Å². The Morgan fingerprint density at radius 3 is 2.14 bits per heavy atom. The second kappa shape index (κ2) is 5.00. The number of ether oxygens (including phenoxy) is 2. The van der Waals surface area contributed by atoms with Gasteiger partial charge in [-0.05, 0) is 19.8 Å². The summed E-state index contributed by atoms with van der Waals surface area (Å²) in [7, 11) is 0. The normalized spacial score (nSPS) is 34.0. The average Bonchev–Trinajstić information content (AvgIpc) is 2.78. The molecule has 3 atom stereocenters. The number of Topliss-reactive ketones (excluding diaryl/α,β-unsaturated/α-hetero) is 2. The lowest BCUT2D eigenvalue weighted by atomic mass is 9.79. The molecule has 0 saturated carbocycles. The van der Waals surface area contributed by atoms with E-state index in [0.29, 0.717) is 11.1 Å². The molecule has 118 valence electrons. The molecule has 0 N–H and O–H groups in total. The summed E-state index contributed by atoms with van der Waals surface area (Å²) in [5.74, 6) is -1.64. The summed E-state index contributed by atoms with van der Waals surface area (Å²) in [5.41, 5.74) is -0.284. The third-order valence-electron chi connectivity index (χ3n) is 5.06. The molecule has 0 unspecified atom stereocenters. The Hall–Kier alpha value is -1.52. The third-order valence-corrected chi connectivity index (χ3v) is 5.06. The monoisotopic (exact) mass is 302 g/mol. The van der Waals surface area contributed by atoms with Crippen molar-refractivity contribution >= 4 is 11.6 Å². The van der Waals surface area contributed by atoms with E-state index in [4.69, 9.17) is 9.47 Å². The molecule has 3 rings (SSSR count). The Bertz CT molecular complexity index is 634. The highest BCUT2D eigenvalue weighted by Gasteiger charge is 2.63. The van der Waals surface area contributed by atoms with Crippen LogP contribution >= 0.6 is 0 Å². The summed E-state index contributed by atoms with van der Waals surface area (Å²) >= 11 is 0. The predicted octanol–water partition coefficient (Wildman–Crippen LogP) is 3.39. The van der Waals surface area contributed by atoms with Crippen molar-refractivity contribution in [2.24, 2.45) is 5.92 Å². The van der Waals surface area contributed by atoms with Gasteiger partial charge in [-0.1, -0.05) is 51.0 Å². The summed E-state index contributed by atoms with van der Waals surface area (Å²) < 4.78 is 12.0. The van der Waals surface area contributed by atoms with Gasteiger partial charge in [0.1, 0.15) is 6.10 Å². The van der Waals surface area contributed by atoms with Gasteiger partial charge in [-0.2, -0.15) is 0 Å². The van der Waals surface area contributed by atoms with Crippen LogP contribution in [0, 0.1) is 5.92 Å². The van der Waals surface area contributed by atoms with Crippen LogP contribution in [0.2, 0.25) is 0 Å². The van der Waals surface area contributed by atoms with E-state index in [0.717, 1.165) is 12.8 Å². The van der Waals surface area contributed by atoms with E-state index in [1.54, 1.807) is 38.1 Å². The van der Waals surface area contributed by atoms with Crippen LogP contribution < -0.4 is 0 Å². The van der Waals surface area contributed by atoms with Gasteiger partial charge < -0.3 is 9.47 Å². The van der Waals surface area contributed by atoms with Gasteiger partial charge >= 0.3 is 0 Å². The van der Waals surface area contributed by atoms with E-state index < -0.39 is 17.5 Å². The molecule has 2 aliphatic heterocycles. The number of benzene rings is 1. The van der Waals surface area contributed by atoms with E-state index in [2.05, 4.69) is 13.8 Å². The molecule has 0 aromatic heterocycles. The first-order chi connectivity index (χ1) is 10.4. The average molecular weight is 302 g/mol. The van der Waals surface area contributed by atoms with Crippen molar-refractivity contribution in [2.45, 2.75) is 58.0 Å². The maximum absolute atomic E-state index is 13.1. The molecule has 0 radical (unpaired) electrons. The quantitative estimate of drug-likeness (QED) is 0.859. The van der Waals surface area contributed by atoms with Crippen LogP contribution in [0.25, 0.3) is 0 Å². The van der Waals surface area contributed by atoms with Crippen molar-refractivity contribution < 1.29 is 19.1 Å². The third kappa shape index (κ3) is 1.90. The summed E-state index contributed by atoms with van der Waals surface area (Å²) in [6.45, 7) is 7.53. The summed E-state index contributed by atoms with van der Waals surface area (Å²) in [6, 6.07) is 6.91. The number of carbonyl (C=O) groups is 2. The molecular weight excluding hydrogens is 280 g/mol. The number of ketones is 2. The fourth-order valence-corrected chi connectivity index (χ4v) is 3.77. The molecule has 1 saturated heterocycles. The smallest absolute Gasteiger partial charge is 0.232 e. The van der Waals surface area contributed by atoms with Crippen molar-refractivity contribution in [1.29, 1.82) is 0 Å². The van der Waals surface area contributed by atoms with E-state index in [-0.39, 0.29) is 17.5 Å². The second-order valence-electron chi connectivity index (χ2n) is 6.47. The van der Waals surface area contributed by atoms with Crippen molar-refractivity contribution in [3.05, 3.63) is 35.4 Å². The maximum Gasteiger partial charge on any atom is 0.232 e. The van der Waals surface area contributed by atoms with Gasteiger partial charge in [0.25, 0.3) is 0 Å². The maximum atomic E-state index is 13.1. The molecule has 0 aliphatic carbocycles. The van der Waals surface area contributed by atoms with E-state index >= 15 is 0 Å². The van der Waals surface area contributed by atoms with Crippen molar-refractivity contribution in [1.82, 2.24) is 0 Å². The zero-order valence-corrected chi connectivity index (χ0v) is 13.5. The minimum Gasteiger partial charge on any atom is -0.336 e. The van der Waals surface area contributed by atoms with Gasteiger partial charge in [0, 0.05) is 11.1 Å². The first kappa shape index (κ1) is 15.4. The Kier molecular flexibility index (Phi) is 3.49. The largest absolute Gasteiger partial charge is 0.336 e. The first-order valence-electron chi connectivity index (χ1n) is 7.94. The van der Waals surface area contributed by atoms with Crippen molar-refractivity contribution in [2.75, 3.05) is 0 Å². The lowest BCUT2D eigenvalue weighted by molar-refractivity contribution is -0.133. The molecule has 1 fully saturated rings. The standard InChI is InChI=1S/C18H22O4/c1-5-11(6-2)16-17(3)14(19)12-9-7-8-10-13(12)15(20)18(4,21-16)22-17/h7-11,16H,5-6H2,1-4H3/t16-,17+,18-/m1/s1. The number of hydrogen-bond donors (Lipinski definition) is 0. The molecule has 0 spiro atoms. The number of hydrogen-bond acceptors (Lipinski definition) is 4. The van der Waals surface area contributed by atoms with Gasteiger partial charge in [-0.15, -0.1) is 0 Å². The summed E-state index contributed by atoms with van der Waals surface area (Å²) in [5, 5.41) is 0. The highest BCUT2D eigenvalue weighted by molar-refractivity contribution is 6.16. The lowest BCUT2D eigenvalue weighted by Gasteiger charge is -2.32. The minimum absolute atomic E-state index is 0.158. The molecule has 2 heterocycles. The Morgan fingerprint density at radius 1 is 1.05 bits per heavy atom. The highest BCUT2D eigenvalue weighted by Crippen LogP contribution is 2.47. The van der Waals surface area contributed by atoms with E-state index in [1.807, 2.05) is 0 Å². The summed E-state index contributed by atoms with van der Waals surface area (Å²) in [6.07, 6.45) is 1.34. The fraction of sp³-hybridized carbons (Fsp3) is 0.556. The zero-order chi connectivity index (χ0) is 16.1. The lowest BCUT2D eigenvalue weighted by Crippen LogP contribution is -2.48. The molecule has 4 heteroatoms. The Balaban J connectivity index is 2.18. The molecule has 1 aromatic carbocycles. The van der Waals surface area contributed by atoms with Crippen LogP contribution in [0.1, 0.15) is 61.3 Å². The molecule has 2 bridgehead atoms. The highest BCUT2D eigenvalue weighted by atomic mass is 16.8. The van der Waals surface area contributed by atoms with E-state index in [1.165, 1.54) is 0 Å². The fourth-order valence-electron chi connectivity index (χ4n) is 3.77. The first-order valence-corrected chi connectivity index (χ1v) is 7.94. The number of rotatable bonds is 3. The minimum atomic E-state index is -1.38. The van der Waals surface area contributed by atoms with Gasteiger partial charge in [0.15, 0.2) is 11.4 Å².